The van der Waals surface area contributed by atoms with E-state index >= 15 is 0 Å². The zero-order valence-electron chi connectivity index (χ0n) is 13.4. The second-order valence-corrected chi connectivity index (χ2v) is 6.24. The largest absolute Gasteiger partial charge is 0.508 e. The maximum atomic E-state index is 9.27. The third-order valence-electron chi connectivity index (χ3n) is 4.07. The minimum absolute atomic E-state index is 0.365. The Kier molecular flexibility index (Phi) is 9.19. The first-order valence-corrected chi connectivity index (χ1v) is 8.50. The Morgan fingerprint density at radius 2 is 1.40 bits per heavy atom. The summed E-state index contributed by atoms with van der Waals surface area (Å²) >= 11 is 0. The highest BCUT2D eigenvalue weighted by Gasteiger charge is 2.04. The topological polar surface area (TPSA) is 20.2 Å². The summed E-state index contributed by atoms with van der Waals surface area (Å²) in [6.45, 7) is 4.61. The van der Waals surface area contributed by atoms with Gasteiger partial charge < -0.3 is 5.11 Å². The fraction of sp³-hybridized carbons (Fsp3) is 0.684. The molecule has 0 aliphatic rings. The van der Waals surface area contributed by atoms with Gasteiger partial charge in [-0.1, -0.05) is 83.8 Å². The zero-order chi connectivity index (χ0) is 14.6. The summed E-state index contributed by atoms with van der Waals surface area (Å²) in [5, 5.41) is 9.27. The average molecular weight is 276 g/mol. The van der Waals surface area contributed by atoms with Crippen LogP contribution in [-0.4, -0.2) is 5.11 Å². The molecule has 0 fully saturated rings. The van der Waals surface area contributed by atoms with Crippen LogP contribution >= 0.6 is 0 Å². The van der Waals surface area contributed by atoms with Crippen LogP contribution in [0.25, 0.3) is 0 Å². The Hall–Kier alpha value is -0.980. The van der Waals surface area contributed by atoms with Gasteiger partial charge in [-0.15, -0.1) is 0 Å². The highest BCUT2D eigenvalue weighted by Crippen LogP contribution is 2.18. The van der Waals surface area contributed by atoms with Gasteiger partial charge in [0.2, 0.25) is 0 Å². The summed E-state index contributed by atoms with van der Waals surface area (Å²) in [6.07, 6.45) is 13.7. The number of phenols is 1. The third-order valence-corrected chi connectivity index (χ3v) is 4.07. The van der Waals surface area contributed by atoms with E-state index in [1.54, 1.807) is 12.1 Å². The lowest BCUT2D eigenvalue weighted by atomic mass is 9.95. The van der Waals surface area contributed by atoms with E-state index in [9.17, 15) is 5.11 Å². The van der Waals surface area contributed by atoms with Crippen LogP contribution in [0.2, 0.25) is 0 Å². The van der Waals surface area contributed by atoms with Crippen LogP contribution < -0.4 is 0 Å². The number of rotatable bonds is 11. The number of hydrogen-bond acceptors (Lipinski definition) is 1. The Labute approximate surface area is 125 Å². The van der Waals surface area contributed by atoms with Crippen LogP contribution in [0.3, 0.4) is 0 Å². The second kappa shape index (κ2) is 10.8. The summed E-state index contributed by atoms with van der Waals surface area (Å²) in [5.74, 6) is 1.11. The molecule has 1 aromatic rings. The summed E-state index contributed by atoms with van der Waals surface area (Å²) in [7, 11) is 0. The highest BCUT2D eigenvalue weighted by atomic mass is 16.3. The van der Waals surface area contributed by atoms with Crippen molar-refractivity contribution in [1.82, 2.24) is 0 Å². The lowest BCUT2D eigenvalue weighted by Gasteiger charge is -2.11. The van der Waals surface area contributed by atoms with Gasteiger partial charge >= 0.3 is 0 Å². The molecule has 1 heteroatoms. The summed E-state index contributed by atoms with van der Waals surface area (Å²) in [5.41, 5.74) is 1.34. The molecule has 1 nitrogen and oxygen atoms in total. The van der Waals surface area contributed by atoms with Crippen molar-refractivity contribution in [3.8, 4) is 5.75 Å². The van der Waals surface area contributed by atoms with E-state index in [4.69, 9.17) is 0 Å². The van der Waals surface area contributed by atoms with Crippen LogP contribution in [0.5, 0.6) is 5.75 Å². The fourth-order valence-corrected chi connectivity index (χ4v) is 2.76. The van der Waals surface area contributed by atoms with Gasteiger partial charge in [0.1, 0.15) is 5.75 Å². The van der Waals surface area contributed by atoms with Gasteiger partial charge in [-0.25, -0.2) is 0 Å². The molecule has 0 radical (unpaired) electrons. The minimum Gasteiger partial charge on any atom is -0.508 e. The van der Waals surface area contributed by atoms with E-state index in [1.165, 1.54) is 63.4 Å². The molecule has 0 aliphatic carbocycles. The van der Waals surface area contributed by atoms with E-state index in [-0.39, 0.29) is 0 Å². The van der Waals surface area contributed by atoms with Crippen molar-refractivity contribution in [2.75, 3.05) is 0 Å². The Bertz CT molecular complexity index is 328. The lowest BCUT2D eigenvalue weighted by Crippen LogP contribution is -1.99. The predicted molar refractivity (Wildman–Crippen MR) is 88.2 cm³/mol. The standard InChI is InChI=1S/C19H32O/c1-3-4-5-6-7-8-9-10-11-17(2)16-18-12-14-19(20)15-13-18/h12-15,17,20H,3-11,16H2,1-2H3. The molecular weight excluding hydrogens is 244 g/mol. The predicted octanol–water partition coefficient (Wildman–Crippen LogP) is 6.10. The summed E-state index contributed by atoms with van der Waals surface area (Å²) in [4.78, 5) is 0. The SMILES string of the molecule is CCCCCCCCCCC(C)Cc1ccc(O)cc1. The van der Waals surface area contributed by atoms with E-state index in [0.29, 0.717) is 5.75 Å². The molecule has 0 aliphatic heterocycles. The second-order valence-electron chi connectivity index (χ2n) is 6.24. The normalized spacial score (nSPS) is 12.5. The first-order chi connectivity index (χ1) is 9.72. The first-order valence-electron chi connectivity index (χ1n) is 8.50. The van der Waals surface area contributed by atoms with Crippen LogP contribution in [0.4, 0.5) is 0 Å². The van der Waals surface area contributed by atoms with Gasteiger partial charge in [0.05, 0.1) is 0 Å². The van der Waals surface area contributed by atoms with Gasteiger partial charge in [-0.2, -0.15) is 0 Å². The summed E-state index contributed by atoms with van der Waals surface area (Å²) < 4.78 is 0. The quantitative estimate of drug-likeness (QED) is 0.484. The molecule has 0 amide bonds. The third kappa shape index (κ3) is 8.24. The molecule has 0 bridgehead atoms. The van der Waals surface area contributed by atoms with Crippen molar-refractivity contribution in [3.05, 3.63) is 29.8 Å². The maximum absolute atomic E-state index is 9.27. The van der Waals surface area contributed by atoms with Crippen LogP contribution in [0.1, 0.15) is 77.2 Å². The molecule has 1 atom stereocenters. The maximum Gasteiger partial charge on any atom is 0.115 e. The highest BCUT2D eigenvalue weighted by molar-refractivity contribution is 5.26. The molecule has 1 aromatic carbocycles. The molecular formula is C19H32O. The molecule has 1 N–H and O–H groups in total. The van der Waals surface area contributed by atoms with Crippen molar-refractivity contribution in [1.29, 1.82) is 0 Å². The molecule has 114 valence electrons. The number of aromatic hydroxyl groups is 1. The van der Waals surface area contributed by atoms with E-state index in [0.717, 1.165) is 12.3 Å². The van der Waals surface area contributed by atoms with Crippen molar-refractivity contribution in [2.24, 2.45) is 5.92 Å². The van der Waals surface area contributed by atoms with Crippen LogP contribution in [-0.2, 0) is 6.42 Å². The van der Waals surface area contributed by atoms with Crippen LogP contribution in [0, 0.1) is 5.92 Å². The Morgan fingerprint density at radius 3 is 2.00 bits per heavy atom. The van der Waals surface area contributed by atoms with E-state index < -0.39 is 0 Å². The molecule has 0 aromatic heterocycles. The average Bonchev–Trinajstić information content (AvgIpc) is 2.44. The van der Waals surface area contributed by atoms with Crippen LogP contribution in [0.15, 0.2) is 24.3 Å². The number of benzene rings is 1. The van der Waals surface area contributed by atoms with Gasteiger partial charge in [-0.3, -0.25) is 0 Å². The Morgan fingerprint density at radius 1 is 0.850 bits per heavy atom. The van der Waals surface area contributed by atoms with Crippen molar-refractivity contribution < 1.29 is 5.11 Å². The minimum atomic E-state index is 0.365. The fourth-order valence-electron chi connectivity index (χ4n) is 2.76. The molecule has 0 heterocycles. The van der Waals surface area contributed by atoms with Crippen molar-refractivity contribution >= 4 is 0 Å². The first kappa shape index (κ1) is 17.1. The molecule has 20 heavy (non-hydrogen) atoms. The number of hydrogen-bond donors (Lipinski definition) is 1. The van der Waals surface area contributed by atoms with Gasteiger partial charge in [0, 0.05) is 0 Å². The number of phenolic OH excluding ortho intramolecular Hbond substituents is 1. The van der Waals surface area contributed by atoms with E-state index in [2.05, 4.69) is 13.8 Å². The lowest BCUT2D eigenvalue weighted by molar-refractivity contribution is 0.470. The van der Waals surface area contributed by atoms with Gasteiger partial charge in [0.25, 0.3) is 0 Å². The molecule has 0 saturated heterocycles. The molecule has 0 spiro atoms. The molecule has 1 unspecified atom stereocenters. The summed E-state index contributed by atoms with van der Waals surface area (Å²) in [6, 6.07) is 7.66. The smallest absolute Gasteiger partial charge is 0.115 e. The molecule has 0 saturated carbocycles. The number of unbranched alkanes of at least 4 members (excludes halogenated alkanes) is 7. The van der Waals surface area contributed by atoms with Crippen molar-refractivity contribution in [2.45, 2.75) is 78.1 Å². The van der Waals surface area contributed by atoms with Gasteiger partial charge in [0.15, 0.2) is 0 Å². The Balaban J connectivity index is 2.00. The van der Waals surface area contributed by atoms with E-state index in [1.807, 2.05) is 12.1 Å². The molecule has 1 rings (SSSR count). The monoisotopic (exact) mass is 276 g/mol. The van der Waals surface area contributed by atoms with Crippen molar-refractivity contribution in [3.63, 3.8) is 0 Å². The van der Waals surface area contributed by atoms with Gasteiger partial charge in [-0.05, 0) is 30.0 Å². The zero-order valence-corrected chi connectivity index (χ0v) is 13.4.